The van der Waals surface area contributed by atoms with Crippen molar-refractivity contribution in [1.29, 1.82) is 0 Å². The second-order valence-electron chi connectivity index (χ2n) is 15.3. The number of nitrogens with zero attached hydrogens (tertiary/aromatic N) is 3. The first-order valence-electron chi connectivity index (χ1n) is 21.4. The highest BCUT2D eigenvalue weighted by molar-refractivity contribution is 7.17. The van der Waals surface area contributed by atoms with Crippen molar-refractivity contribution < 1.29 is 51.1 Å². The number of carbonyl (C=O) groups is 6. The summed E-state index contributed by atoms with van der Waals surface area (Å²) in [5, 5.41) is 8.85. The van der Waals surface area contributed by atoms with Crippen molar-refractivity contribution in [1.82, 2.24) is 15.0 Å². The molecule has 0 aliphatic rings. The van der Waals surface area contributed by atoms with Crippen LogP contribution in [0.3, 0.4) is 0 Å². The van der Waals surface area contributed by atoms with E-state index >= 15 is 0 Å². The third-order valence-corrected chi connectivity index (χ3v) is 13.4. The predicted molar refractivity (Wildman–Crippen MR) is 263 cm³/mol. The third-order valence-electron chi connectivity index (χ3n) is 10.7. The van der Waals surface area contributed by atoms with Gasteiger partial charge in [-0.3, -0.25) is 38.7 Å². The van der Waals surface area contributed by atoms with Crippen LogP contribution >= 0.6 is 34.0 Å². The zero-order chi connectivity index (χ0) is 49.8. The van der Waals surface area contributed by atoms with Gasteiger partial charge >= 0.3 is 6.18 Å². The topological polar surface area (TPSA) is 150 Å². The lowest BCUT2D eigenvalue weighted by molar-refractivity contribution is -0.138. The van der Waals surface area contributed by atoms with Gasteiger partial charge < -0.3 is 4.74 Å². The Bertz CT molecular complexity index is 3380. The molecule has 6 aromatic heterocycles. The van der Waals surface area contributed by atoms with Gasteiger partial charge in [0.25, 0.3) is 0 Å². The largest absolute Gasteiger partial charge is 0.494 e. The van der Waals surface area contributed by atoms with Gasteiger partial charge in [-0.05, 0) is 141 Å². The Morgan fingerprint density at radius 1 is 0.471 bits per heavy atom. The van der Waals surface area contributed by atoms with Crippen molar-refractivity contribution in [3.63, 3.8) is 0 Å². The lowest BCUT2D eigenvalue weighted by atomic mass is 10.0. The SMILES string of the molecule is COc1cccnc1C(=O)CCC(=O)c1ccc2sccc2c1.O=C(CCC(=O)c1ncccc1C(F)(F)F)c1ccc2sccc2c1.O=C(CCC(=O)c1ncccc1F)c1ccc2sccc2c1. The van der Waals surface area contributed by atoms with E-state index in [1.165, 1.54) is 25.4 Å². The van der Waals surface area contributed by atoms with Crippen molar-refractivity contribution in [2.75, 3.05) is 7.11 Å². The second-order valence-corrected chi connectivity index (χ2v) is 18.2. The number of fused-ring (bicyclic) bond motifs is 3. The number of benzene rings is 3. The number of carbonyl (C=O) groups excluding carboxylic acids is 6. The number of aromatic nitrogens is 3. The maximum absolute atomic E-state index is 13.5. The summed E-state index contributed by atoms with van der Waals surface area (Å²) in [6, 6.07) is 30.1. The van der Waals surface area contributed by atoms with E-state index in [-0.39, 0.29) is 73.0 Å². The van der Waals surface area contributed by atoms with E-state index in [0.29, 0.717) is 22.4 Å². The quantitative estimate of drug-likeness (QED) is 0.0676. The number of methoxy groups -OCH3 is 1. The summed E-state index contributed by atoms with van der Waals surface area (Å²) in [4.78, 5) is 84.3. The van der Waals surface area contributed by atoms with E-state index in [1.807, 2.05) is 70.7 Å². The minimum absolute atomic E-state index is 0.0404. The highest BCUT2D eigenvalue weighted by Crippen LogP contribution is 2.32. The van der Waals surface area contributed by atoms with Crippen molar-refractivity contribution in [2.24, 2.45) is 0 Å². The maximum atomic E-state index is 13.5. The molecule has 6 heterocycles. The van der Waals surface area contributed by atoms with Crippen LogP contribution in [0.25, 0.3) is 30.3 Å². The number of halogens is 4. The normalized spacial score (nSPS) is 11.0. The van der Waals surface area contributed by atoms with Gasteiger partial charge in [0.05, 0.1) is 12.7 Å². The van der Waals surface area contributed by atoms with Gasteiger partial charge in [0.2, 0.25) is 0 Å². The van der Waals surface area contributed by atoms with Gasteiger partial charge in [-0.2, -0.15) is 13.2 Å². The van der Waals surface area contributed by atoms with E-state index < -0.39 is 34.8 Å². The number of ether oxygens (including phenoxy) is 1. The van der Waals surface area contributed by atoms with Gasteiger partial charge in [-0.1, -0.05) is 0 Å². The standard InChI is InChI=1S/C18H12F3NO2S.C18H15NO3S.C17H12FNO2S/c19-18(20,21)13-2-1-8-22-17(13)15(24)5-4-14(23)11-3-6-16-12(10-11)7-9-25-16;1-22-16-3-2-9-19-18(16)15(21)6-5-14(20)12-4-7-17-13(11-12)8-10-23-17;18-13-2-1-8-19-17(13)15(21)5-4-14(20)11-3-6-16-12(10-11)7-9-22-16/h1-3,6-10H,4-5H2;2-4,7-11H,5-6H2,1H3;1-3,6-10H,4-5H2. The summed E-state index contributed by atoms with van der Waals surface area (Å²) in [7, 11) is 1.50. The van der Waals surface area contributed by atoms with Crippen LogP contribution in [-0.2, 0) is 6.18 Å². The Kier molecular flexibility index (Phi) is 16.7. The number of thiophene rings is 3. The first kappa shape index (κ1) is 50.4. The van der Waals surface area contributed by atoms with Gasteiger partial charge in [0.1, 0.15) is 22.8 Å². The van der Waals surface area contributed by atoms with Crippen molar-refractivity contribution in [2.45, 2.75) is 44.7 Å². The first-order chi connectivity index (χ1) is 33.7. The predicted octanol–water partition coefficient (Wildman–Crippen LogP) is 13.6. The van der Waals surface area contributed by atoms with Gasteiger partial charge in [0, 0.05) is 87.9 Å². The molecule has 0 bridgehead atoms. The number of alkyl halides is 3. The number of pyridine rings is 3. The lowest BCUT2D eigenvalue weighted by Gasteiger charge is -2.10. The molecular weight excluding hydrogens is 963 g/mol. The Balaban J connectivity index is 0.000000155. The zero-order valence-electron chi connectivity index (χ0n) is 37.0. The van der Waals surface area contributed by atoms with Crippen molar-refractivity contribution >= 4 is 99.0 Å². The molecule has 0 fully saturated rings. The van der Waals surface area contributed by atoms with E-state index in [4.69, 9.17) is 4.74 Å². The molecule has 0 unspecified atom stereocenters. The van der Waals surface area contributed by atoms with Crippen LogP contribution in [0.15, 0.2) is 144 Å². The van der Waals surface area contributed by atoms with E-state index in [2.05, 4.69) is 15.0 Å². The molecule has 354 valence electrons. The fourth-order valence-corrected chi connectivity index (χ4v) is 9.41. The zero-order valence-corrected chi connectivity index (χ0v) is 39.5. The number of hydrogen-bond donors (Lipinski definition) is 0. The number of Topliss-reactive ketones (excluding diaryl/α,β-unsaturated/α-hetero) is 6. The van der Waals surface area contributed by atoms with Gasteiger partial charge in [-0.15, -0.1) is 34.0 Å². The van der Waals surface area contributed by atoms with E-state index in [1.54, 1.807) is 70.5 Å². The molecule has 0 saturated carbocycles. The monoisotopic (exact) mass is 1000 g/mol. The van der Waals surface area contributed by atoms with Gasteiger partial charge in [0.15, 0.2) is 40.5 Å². The lowest BCUT2D eigenvalue weighted by Crippen LogP contribution is -2.15. The molecule has 0 spiro atoms. The van der Waals surface area contributed by atoms with Crippen molar-refractivity contribution in [3.8, 4) is 5.75 Å². The Morgan fingerprint density at radius 3 is 1.27 bits per heavy atom. The molecule has 10 nitrogen and oxygen atoms in total. The summed E-state index contributed by atoms with van der Waals surface area (Å²) in [5.74, 6) is -2.11. The molecule has 0 aliphatic heterocycles. The average molecular weight is 1000 g/mol. The highest BCUT2D eigenvalue weighted by atomic mass is 32.1. The molecule has 0 aliphatic carbocycles. The molecule has 3 aromatic carbocycles. The smallest absolute Gasteiger partial charge is 0.418 e. The van der Waals surface area contributed by atoms with Gasteiger partial charge in [-0.25, -0.2) is 9.37 Å². The molecule has 0 N–H and O–H groups in total. The summed E-state index contributed by atoms with van der Waals surface area (Å²) in [6.07, 6.45) is -0.823. The molecular formula is C53H39F4N3O7S3. The minimum Gasteiger partial charge on any atom is -0.494 e. The summed E-state index contributed by atoms with van der Waals surface area (Å²) >= 11 is 4.80. The second kappa shape index (κ2) is 23.2. The Hall–Kier alpha value is -7.47. The van der Waals surface area contributed by atoms with Crippen LogP contribution in [0, 0.1) is 5.82 Å². The number of rotatable bonds is 16. The minimum atomic E-state index is -4.66. The summed E-state index contributed by atoms with van der Waals surface area (Å²) in [5.41, 5.74) is -0.00412. The highest BCUT2D eigenvalue weighted by Gasteiger charge is 2.35. The average Bonchev–Trinajstić information content (AvgIpc) is 4.18. The van der Waals surface area contributed by atoms with Crippen LogP contribution in [0.1, 0.15) is 107 Å². The Morgan fingerprint density at radius 2 is 0.843 bits per heavy atom. The van der Waals surface area contributed by atoms with E-state index in [9.17, 15) is 46.3 Å². The molecule has 0 amide bonds. The third kappa shape index (κ3) is 12.8. The van der Waals surface area contributed by atoms with Crippen molar-refractivity contribution in [3.05, 3.63) is 189 Å². The summed E-state index contributed by atoms with van der Waals surface area (Å²) < 4.78 is 60.7. The maximum Gasteiger partial charge on any atom is 0.418 e. The van der Waals surface area contributed by atoms with Crippen LogP contribution in [0.5, 0.6) is 5.75 Å². The molecule has 70 heavy (non-hydrogen) atoms. The van der Waals surface area contributed by atoms with E-state index in [0.717, 1.165) is 48.6 Å². The number of ketones is 6. The number of hydrogen-bond acceptors (Lipinski definition) is 13. The first-order valence-corrected chi connectivity index (χ1v) is 24.1. The molecule has 0 radical (unpaired) electrons. The van der Waals surface area contributed by atoms with Crippen LogP contribution in [0.2, 0.25) is 0 Å². The molecule has 9 aromatic rings. The van der Waals surface area contributed by atoms with Crippen LogP contribution in [-0.4, -0.2) is 56.8 Å². The van der Waals surface area contributed by atoms with Crippen LogP contribution in [0.4, 0.5) is 17.6 Å². The fourth-order valence-electron chi connectivity index (χ4n) is 7.10. The Labute approximate surface area is 409 Å². The molecule has 9 rings (SSSR count). The summed E-state index contributed by atoms with van der Waals surface area (Å²) in [6.45, 7) is 0. The van der Waals surface area contributed by atoms with Crippen LogP contribution < -0.4 is 4.74 Å². The fraction of sp³-hybridized carbons (Fsp3) is 0.151. The molecule has 17 heteroatoms. The molecule has 0 atom stereocenters. The molecule has 0 saturated heterocycles.